The van der Waals surface area contributed by atoms with Gasteiger partial charge in [-0.25, -0.2) is 0 Å². The lowest BCUT2D eigenvalue weighted by atomic mass is 10.1. The van der Waals surface area contributed by atoms with Gasteiger partial charge in [-0.3, -0.25) is 4.79 Å². The van der Waals surface area contributed by atoms with E-state index in [0.717, 1.165) is 10.0 Å². The summed E-state index contributed by atoms with van der Waals surface area (Å²) in [4.78, 5) is 11.6. The molecule has 0 aromatic heterocycles. The van der Waals surface area contributed by atoms with Crippen molar-refractivity contribution in [3.63, 3.8) is 0 Å². The van der Waals surface area contributed by atoms with Gasteiger partial charge >= 0.3 is 0 Å². The molecule has 110 valence electrons. The van der Waals surface area contributed by atoms with Crippen molar-refractivity contribution in [3.8, 4) is 5.75 Å². The van der Waals surface area contributed by atoms with E-state index in [9.17, 15) is 9.90 Å². The molecule has 0 unspecified atom stereocenters. The van der Waals surface area contributed by atoms with Gasteiger partial charge in [0.2, 0.25) is 0 Å². The van der Waals surface area contributed by atoms with E-state index in [1.807, 2.05) is 6.07 Å². The molecule has 2 aromatic rings. The number of hydrogen-bond donors (Lipinski definition) is 3. The van der Waals surface area contributed by atoms with Gasteiger partial charge in [0.25, 0.3) is 5.91 Å². The highest BCUT2D eigenvalue weighted by atomic mass is 79.9. The third-order valence-corrected chi connectivity index (χ3v) is 3.79. The number of benzene rings is 2. The third kappa shape index (κ3) is 3.89. The molecule has 6 heteroatoms. The highest BCUT2D eigenvalue weighted by molar-refractivity contribution is 9.10. The number of aromatic hydroxyl groups is 1. The molecule has 4 nitrogen and oxygen atoms in total. The average molecular weight is 370 g/mol. The third-order valence-electron chi connectivity index (χ3n) is 2.97. The molecule has 0 spiro atoms. The van der Waals surface area contributed by atoms with Crippen molar-refractivity contribution >= 4 is 39.1 Å². The second-order valence-corrected chi connectivity index (χ2v) is 5.72. The number of carbonyl (C=O) groups excluding carboxylic acids is 1. The fourth-order valence-electron chi connectivity index (χ4n) is 1.83. The number of anilines is 1. The van der Waals surface area contributed by atoms with Crippen LogP contribution in [0.3, 0.4) is 0 Å². The minimum Gasteiger partial charge on any atom is -0.508 e. The van der Waals surface area contributed by atoms with Crippen LogP contribution in [0.15, 0.2) is 40.9 Å². The van der Waals surface area contributed by atoms with Crippen molar-refractivity contribution in [2.75, 3.05) is 12.4 Å². The Hall–Kier alpha value is -1.72. The minimum atomic E-state index is -0.181. The molecule has 0 fully saturated rings. The number of nitrogens with one attached hydrogen (secondary N) is 2. The molecule has 2 rings (SSSR count). The fraction of sp³-hybridized carbons (Fsp3) is 0.133. The van der Waals surface area contributed by atoms with Crippen LogP contribution in [0.2, 0.25) is 5.02 Å². The number of halogens is 2. The normalized spacial score (nSPS) is 10.2. The smallest absolute Gasteiger partial charge is 0.251 e. The van der Waals surface area contributed by atoms with E-state index >= 15 is 0 Å². The quantitative estimate of drug-likeness (QED) is 0.768. The van der Waals surface area contributed by atoms with Crippen LogP contribution in [0.4, 0.5) is 5.69 Å². The molecule has 3 N–H and O–H groups in total. The maximum absolute atomic E-state index is 11.6. The van der Waals surface area contributed by atoms with Crippen LogP contribution in [0.25, 0.3) is 0 Å². The Morgan fingerprint density at radius 3 is 2.76 bits per heavy atom. The van der Waals surface area contributed by atoms with Gasteiger partial charge in [0.1, 0.15) is 5.75 Å². The van der Waals surface area contributed by atoms with Crippen molar-refractivity contribution in [1.82, 2.24) is 5.32 Å². The van der Waals surface area contributed by atoms with Gasteiger partial charge in [-0.05, 0) is 36.4 Å². The Balaban J connectivity index is 2.19. The van der Waals surface area contributed by atoms with Crippen molar-refractivity contribution in [1.29, 1.82) is 0 Å². The Morgan fingerprint density at radius 1 is 1.29 bits per heavy atom. The Bertz CT molecular complexity index is 677. The lowest BCUT2D eigenvalue weighted by molar-refractivity contribution is 0.0963. The summed E-state index contributed by atoms with van der Waals surface area (Å²) in [6.45, 7) is 0.391. The van der Waals surface area contributed by atoms with Gasteiger partial charge < -0.3 is 15.7 Å². The van der Waals surface area contributed by atoms with Crippen LogP contribution in [0, 0.1) is 0 Å². The van der Waals surface area contributed by atoms with E-state index in [4.69, 9.17) is 11.6 Å². The molecule has 0 aliphatic carbocycles. The zero-order valence-electron chi connectivity index (χ0n) is 11.3. The summed E-state index contributed by atoms with van der Waals surface area (Å²) in [7, 11) is 1.57. The largest absolute Gasteiger partial charge is 0.508 e. The van der Waals surface area contributed by atoms with Crippen LogP contribution in [0.1, 0.15) is 15.9 Å². The van der Waals surface area contributed by atoms with Gasteiger partial charge in [0, 0.05) is 29.2 Å². The first-order chi connectivity index (χ1) is 10.0. The van der Waals surface area contributed by atoms with Gasteiger partial charge in [-0.2, -0.15) is 0 Å². The summed E-state index contributed by atoms with van der Waals surface area (Å²) in [5.74, 6) is 0.0179. The maximum Gasteiger partial charge on any atom is 0.251 e. The summed E-state index contributed by atoms with van der Waals surface area (Å²) in [5.41, 5.74) is 1.88. The van der Waals surface area contributed by atoms with Gasteiger partial charge in [-0.15, -0.1) is 0 Å². The summed E-state index contributed by atoms with van der Waals surface area (Å²) >= 11 is 9.47. The first kappa shape index (κ1) is 15.7. The molecule has 0 radical (unpaired) electrons. The SMILES string of the molecule is CNC(=O)c1ccc(Cl)c(NCc2cc(Br)ccc2O)c1. The number of amides is 1. The van der Waals surface area contributed by atoms with E-state index in [2.05, 4.69) is 26.6 Å². The number of rotatable bonds is 4. The monoisotopic (exact) mass is 368 g/mol. The van der Waals surface area contributed by atoms with Gasteiger partial charge in [0.05, 0.1) is 10.7 Å². The Labute approximate surface area is 136 Å². The zero-order chi connectivity index (χ0) is 15.4. The lowest BCUT2D eigenvalue weighted by Gasteiger charge is -2.11. The van der Waals surface area contributed by atoms with Crippen LogP contribution >= 0.6 is 27.5 Å². The van der Waals surface area contributed by atoms with E-state index in [1.165, 1.54) is 0 Å². The molecule has 0 saturated carbocycles. The van der Waals surface area contributed by atoms with Crippen molar-refractivity contribution in [2.24, 2.45) is 0 Å². The number of phenolic OH excluding ortho intramolecular Hbond substituents is 1. The molecule has 0 aliphatic heterocycles. The first-order valence-corrected chi connectivity index (χ1v) is 7.41. The second-order valence-electron chi connectivity index (χ2n) is 4.40. The maximum atomic E-state index is 11.6. The van der Waals surface area contributed by atoms with E-state index in [1.54, 1.807) is 37.4 Å². The predicted octanol–water partition coefficient (Wildman–Crippen LogP) is 3.78. The molecule has 0 atom stereocenters. The van der Waals surface area contributed by atoms with Gasteiger partial charge in [0.15, 0.2) is 0 Å². The molecule has 0 bridgehead atoms. The van der Waals surface area contributed by atoms with E-state index < -0.39 is 0 Å². The summed E-state index contributed by atoms with van der Waals surface area (Å²) in [6.07, 6.45) is 0. The van der Waals surface area contributed by atoms with Crippen LogP contribution < -0.4 is 10.6 Å². The molecule has 0 saturated heterocycles. The molecule has 0 heterocycles. The summed E-state index contributed by atoms with van der Waals surface area (Å²) < 4.78 is 0.877. The lowest BCUT2D eigenvalue weighted by Crippen LogP contribution is -2.17. The second kappa shape index (κ2) is 6.83. The average Bonchev–Trinajstić information content (AvgIpc) is 2.48. The molecular formula is C15H14BrClN2O2. The van der Waals surface area contributed by atoms with Gasteiger partial charge in [-0.1, -0.05) is 27.5 Å². The topological polar surface area (TPSA) is 61.4 Å². The van der Waals surface area contributed by atoms with Crippen molar-refractivity contribution in [3.05, 3.63) is 57.0 Å². The minimum absolute atomic E-state index is 0.181. The summed E-state index contributed by atoms with van der Waals surface area (Å²) in [5, 5.41) is 16.0. The van der Waals surface area contributed by atoms with E-state index in [0.29, 0.717) is 22.8 Å². The highest BCUT2D eigenvalue weighted by Crippen LogP contribution is 2.26. The molecule has 2 aromatic carbocycles. The fourth-order valence-corrected chi connectivity index (χ4v) is 2.43. The number of hydrogen-bond acceptors (Lipinski definition) is 3. The molecule has 0 aliphatic rings. The molecule has 21 heavy (non-hydrogen) atoms. The van der Waals surface area contributed by atoms with Crippen LogP contribution in [0.5, 0.6) is 5.75 Å². The van der Waals surface area contributed by atoms with Crippen LogP contribution in [-0.4, -0.2) is 18.1 Å². The first-order valence-electron chi connectivity index (χ1n) is 6.24. The zero-order valence-corrected chi connectivity index (χ0v) is 13.6. The number of phenols is 1. The molecule has 1 amide bonds. The molecular weight excluding hydrogens is 356 g/mol. The Morgan fingerprint density at radius 2 is 2.05 bits per heavy atom. The van der Waals surface area contributed by atoms with E-state index in [-0.39, 0.29) is 11.7 Å². The number of carbonyl (C=O) groups is 1. The standard InChI is InChI=1S/C15H14BrClN2O2/c1-18-15(21)9-2-4-12(17)13(7-9)19-8-10-6-11(16)3-5-14(10)20/h2-7,19-20H,8H2,1H3,(H,18,21). The van der Waals surface area contributed by atoms with Crippen LogP contribution in [-0.2, 0) is 6.54 Å². The van der Waals surface area contributed by atoms with Crippen molar-refractivity contribution in [2.45, 2.75) is 6.54 Å². The predicted molar refractivity (Wildman–Crippen MR) is 88.0 cm³/mol. The highest BCUT2D eigenvalue weighted by Gasteiger charge is 2.08. The summed E-state index contributed by atoms with van der Waals surface area (Å²) in [6, 6.07) is 10.2. The van der Waals surface area contributed by atoms with Crippen molar-refractivity contribution < 1.29 is 9.90 Å². The Kier molecular flexibility index (Phi) is 5.09.